The second-order valence-corrected chi connectivity index (χ2v) is 5.26. The van der Waals surface area contributed by atoms with Crippen molar-refractivity contribution in [2.75, 3.05) is 6.54 Å². The van der Waals surface area contributed by atoms with Gasteiger partial charge in [-0.3, -0.25) is 0 Å². The van der Waals surface area contributed by atoms with Crippen molar-refractivity contribution < 1.29 is 0 Å². The van der Waals surface area contributed by atoms with E-state index in [2.05, 4.69) is 36.0 Å². The fourth-order valence-corrected chi connectivity index (χ4v) is 2.64. The first-order valence-corrected chi connectivity index (χ1v) is 7.55. The molecule has 0 saturated heterocycles. The van der Waals surface area contributed by atoms with Gasteiger partial charge in [-0.05, 0) is 48.2 Å². The Morgan fingerprint density at radius 1 is 1.25 bits per heavy atom. The third kappa shape index (κ3) is 5.66. The van der Waals surface area contributed by atoms with Crippen LogP contribution in [0.4, 0.5) is 0 Å². The van der Waals surface area contributed by atoms with Crippen LogP contribution in [0.5, 0.6) is 0 Å². The van der Waals surface area contributed by atoms with Gasteiger partial charge in [-0.2, -0.15) is 11.3 Å². The minimum absolute atomic E-state index is 0.682. The average Bonchev–Trinajstić information content (AvgIpc) is 2.78. The van der Waals surface area contributed by atoms with Crippen LogP contribution in [0.1, 0.15) is 51.5 Å². The van der Waals surface area contributed by atoms with Crippen LogP contribution in [-0.4, -0.2) is 12.6 Å². The van der Waals surface area contributed by atoms with Gasteiger partial charge in [0.15, 0.2) is 0 Å². The topological polar surface area (TPSA) is 12.0 Å². The fraction of sp³-hybridized carbons (Fsp3) is 0.714. The normalized spacial score (nSPS) is 12.9. The first-order chi connectivity index (χ1) is 7.86. The number of hydrogen-bond donors (Lipinski definition) is 1. The van der Waals surface area contributed by atoms with Crippen LogP contribution in [0.2, 0.25) is 0 Å². The summed E-state index contributed by atoms with van der Waals surface area (Å²) in [5, 5.41) is 8.13. The van der Waals surface area contributed by atoms with E-state index in [1.165, 1.54) is 44.1 Å². The smallest absolute Gasteiger partial charge is 0.0108 e. The molecule has 1 heterocycles. The Hall–Kier alpha value is -0.340. The highest BCUT2D eigenvalue weighted by atomic mass is 32.1. The van der Waals surface area contributed by atoms with Crippen molar-refractivity contribution >= 4 is 11.3 Å². The molecule has 2 heteroatoms. The third-order valence-corrected chi connectivity index (χ3v) is 3.63. The maximum Gasteiger partial charge on any atom is 0.0108 e. The van der Waals surface area contributed by atoms with Gasteiger partial charge in [-0.1, -0.05) is 33.1 Å². The number of rotatable bonds is 9. The molecular formula is C14H25NS. The molecule has 0 aliphatic heterocycles. The Morgan fingerprint density at radius 3 is 2.75 bits per heavy atom. The van der Waals surface area contributed by atoms with Gasteiger partial charge in [-0.25, -0.2) is 0 Å². The van der Waals surface area contributed by atoms with Gasteiger partial charge in [0.25, 0.3) is 0 Å². The molecule has 1 atom stereocenters. The molecule has 92 valence electrons. The predicted octanol–water partition coefficient (Wildman–Crippen LogP) is 4.24. The van der Waals surface area contributed by atoms with Gasteiger partial charge >= 0.3 is 0 Å². The molecule has 1 aromatic heterocycles. The van der Waals surface area contributed by atoms with E-state index < -0.39 is 0 Å². The van der Waals surface area contributed by atoms with Crippen LogP contribution in [0.15, 0.2) is 16.8 Å². The summed E-state index contributed by atoms with van der Waals surface area (Å²) in [5.41, 5.74) is 1.50. The second-order valence-electron chi connectivity index (χ2n) is 4.48. The zero-order valence-electron chi connectivity index (χ0n) is 10.7. The van der Waals surface area contributed by atoms with Gasteiger partial charge in [0.2, 0.25) is 0 Å². The highest BCUT2D eigenvalue weighted by Gasteiger charge is 2.08. The molecule has 0 aromatic carbocycles. The molecular weight excluding hydrogens is 214 g/mol. The van der Waals surface area contributed by atoms with Crippen molar-refractivity contribution in [3.8, 4) is 0 Å². The molecule has 1 rings (SSSR count). The van der Waals surface area contributed by atoms with Gasteiger partial charge < -0.3 is 5.32 Å². The van der Waals surface area contributed by atoms with Crippen molar-refractivity contribution in [1.29, 1.82) is 0 Å². The first kappa shape index (κ1) is 13.7. The van der Waals surface area contributed by atoms with Crippen LogP contribution in [-0.2, 0) is 6.42 Å². The lowest BCUT2D eigenvalue weighted by Gasteiger charge is -2.17. The van der Waals surface area contributed by atoms with Gasteiger partial charge in [-0.15, -0.1) is 0 Å². The van der Waals surface area contributed by atoms with Crippen molar-refractivity contribution in [3.63, 3.8) is 0 Å². The number of hydrogen-bond acceptors (Lipinski definition) is 2. The molecule has 16 heavy (non-hydrogen) atoms. The Morgan fingerprint density at radius 2 is 2.12 bits per heavy atom. The monoisotopic (exact) mass is 239 g/mol. The van der Waals surface area contributed by atoms with E-state index in [0.29, 0.717) is 6.04 Å². The quantitative estimate of drug-likeness (QED) is 0.636. The summed E-state index contributed by atoms with van der Waals surface area (Å²) in [6, 6.07) is 2.94. The lowest BCUT2D eigenvalue weighted by Crippen LogP contribution is -2.31. The van der Waals surface area contributed by atoms with E-state index in [1.54, 1.807) is 11.3 Å². The maximum absolute atomic E-state index is 3.67. The zero-order valence-corrected chi connectivity index (χ0v) is 11.5. The summed E-state index contributed by atoms with van der Waals surface area (Å²) >= 11 is 1.81. The molecule has 0 fully saturated rings. The predicted molar refractivity (Wildman–Crippen MR) is 74.2 cm³/mol. The van der Waals surface area contributed by atoms with E-state index >= 15 is 0 Å². The highest BCUT2D eigenvalue weighted by Crippen LogP contribution is 2.12. The lowest BCUT2D eigenvalue weighted by atomic mass is 10.0. The number of thiophene rings is 1. The van der Waals surface area contributed by atoms with E-state index in [4.69, 9.17) is 0 Å². The van der Waals surface area contributed by atoms with Crippen molar-refractivity contribution in [3.05, 3.63) is 22.4 Å². The van der Waals surface area contributed by atoms with Gasteiger partial charge in [0, 0.05) is 6.04 Å². The molecule has 0 bridgehead atoms. The molecule has 0 saturated carbocycles. The zero-order chi connectivity index (χ0) is 11.6. The van der Waals surface area contributed by atoms with E-state index in [1.807, 2.05) is 0 Å². The minimum Gasteiger partial charge on any atom is -0.314 e. The molecule has 1 nitrogen and oxygen atoms in total. The van der Waals surface area contributed by atoms with Crippen molar-refractivity contribution in [2.45, 2.75) is 58.4 Å². The molecule has 0 spiro atoms. The Kier molecular flexibility index (Phi) is 7.52. The third-order valence-electron chi connectivity index (χ3n) is 2.90. The van der Waals surface area contributed by atoms with Gasteiger partial charge in [0.1, 0.15) is 0 Å². The summed E-state index contributed by atoms with van der Waals surface area (Å²) < 4.78 is 0. The molecule has 1 aromatic rings. The summed E-state index contributed by atoms with van der Waals surface area (Å²) in [5.74, 6) is 0. The van der Waals surface area contributed by atoms with Crippen molar-refractivity contribution in [2.24, 2.45) is 0 Å². The molecule has 0 aliphatic rings. The van der Waals surface area contributed by atoms with E-state index in [-0.39, 0.29) is 0 Å². The lowest BCUT2D eigenvalue weighted by molar-refractivity contribution is 0.456. The summed E-state index contributed by atoms with van der Waals surface area (Å²) in [6.07, 6.45) is 7.81. The Bertz CT molecular complexity index is 243. The number of unbranched alkanes of at least 4 members (excludes halogenated alkanes) is 2. The second kappa shape index (κ2) is 8.77. The first-order valence-electron chi connectivity index (χ1n) is 6.61. The van der Waals surface area contributed by atoms with Crippen LogP contribution in [0.25, 0.3) is 0 Å². The highest BCUT2D eigenvalue weighted by molar-refractivity contribution is 7.07. The SMILES string of the molecule is CCCCCC(Cc1ccsc1)NCCC. The Balaban J connectivity index is 2.31. The molecule has 1 N–H and O–H groups in total. The number of nitrogens with one attached hydrogen (secondary N) is 1. The maximum atomic E-state index is 3.67. The standard InChI is InChI=1S/C14H25NS/c1-3-5-6-7-14(15-9-4-2)11-13-8-10-16-12-13/h8,10,12,14-15H,3-7,9,11H2,1-2H3. The summed E-state index contributed by atoms with van der Waals surface area (Å²) in [4.78, 5) is 0. The Labute approximate surface area is 104 Å². The van der Waals surface area contributed by atoms with Crippen LogP contribution < -0.4 is 5.32 Å². The van der Waals surface area contributed by atoms with Crippen LogP contribution >= 0.6 is 11.3 Å². The van der Waals surface area contributed by atoms with Gasteiger partial charge in [0.05, 0.1) is 0 Å². The molecule has 0 aliphatic carbocycles. The molecule has 0 amide bonds. The van der Waals surface area contributed by atoms with E-state index in [9.17, 15) is 0 Å². The average molecular weight is 239 g/mol. The summed E-state index contributed by atoms with van der Waals surface area (Å²) in [7, 11) is 0. The summed E-state index contributed by atoms with van der Waals surface area (Å²) in [6.45, 7) is 5.66. The minimum atomic E-state index is 0.682. The van der Waals surface area contributed by atoms with Crippen LogP contribution in [0.3, 0.4) is 0 Å². The molecule has 1 unspecified atom stereocenters. The fourth-order valence-electron chi connectivity index (χ4n) is 1.96. The van der Waals surface area contributed by atoms with Crippen LogP contribution in [0, 0.1) is 0 Å². The molecule has 0 radical (unpaired) electrons. The van der Waals surface area contributed by atoms with Crippen molar-refractivity contribution in [1.82, 2.24) is 5.32 Å². The largest absolute Gasteiger partial charge is 0.314 e. The van der Waals surface area contributed by atoms with E-state index in [0.717, 1.165) is 6.54 Å².